The molecule has 3 aromatic heterocycles. The topological polar surface area (TPSA) is 129 Å². The zero-order valence-corrected chi connectivity index (χ0v) is 19.8. The Bertz CT molecular complexity index is 1290. The van der Waals surface area contributed by atoms with E-state index in [2.05, 4.69) is 44.5 Å². The van der Waals surface area contributed by atoms with E-state index in [0.29, 0.717) is 17.4 Å². The first-order chi connectivity index (χ1) is 17.0. The average molecular weight is 473 g/mol. The minimum Gasteiger partial charge on any atom is -0.368 e. The number of nitrogens with two attached hydrogens (primary N) is 1. The molecule has 0 saturated heterocycles. The summed E-state index contributed by atoms with van der Waals surface area (Å²) in [6.07, 6.45) is 11.3. The summed E-state index contributed by atoms with van der Waals surface area (Å²) < 4.78 is 7.19. The van der Waals surface area contributed by atoms with Crippen molar-refractivity contribution in [1.29, 1.82) is 0 Å². The van der Waals surface area contributed by atoms with Gasteiger partial charge in [-0.2, -0.15) is 10.1 Å². The van der Waals surface area contributed by atoms with Gasteiger partial charge in [-0.15, -0.1) is 0 Å². The Morgan fingerprint density at radius 3 is 2.51 bits per heavy atom. The Labute approximate surface area is 203 Å². The van der Waals surface area contributed by atoms with Gasteiger partial charge in [-0.3, -0.25) is 9.48 Å². The molecule has 1 aliphatic rings. The maximum absolute atomic E-state index is 12.0. The summed E-state index contributed by atoms with van der Waals surface area (Å²) >= 11 is 0. The third-order valence-electron chi connectivity index (χ3n) is 6.58. The van der Waals surface area contributed by atoms with Crippen molar-refractivity contribution in [3.8, 4) is 22.6 Å². The number of nitrogen functional groups attached to an aromatic ring is 1. The second-order valence-corrected chi connectivity index (χ2v) is 9.20. The number of anilines is 1. The number of hydrogen-bond donors (Lipinski definition) is 1. The predicted molar refractivity (Wildman–Crippen MR) is 130 cm³/mol. The highest BCUT2D eigenvalue weighted by Gasteiger charge is 2.32. The van der Waals surface area contributed by atoms with Crippen LogP contribution in [0.2, 0.25) is 0 Å². The minimum absolute atomic E-state index is 0.0362. The summed E-state index contributed by atoms with van der Waals surface area (Å²) in [6, 6.07) is 8.41. The van der Waals surface area contributed by atoms with Crippen molar-refractivity contribution in [3.63, 3.8) is 0 Å². The largest absolute Gasteiger partial charge is 0.368 e. The van der Waals surface area contributed by atoms with E-state index >= 15 is 0 Å². The number of benzene rings is 1. The fraction of sp³-hybridized carbons (Fsp3) is 0.360. The lowest BCUT2D eigenvalue weighted by atomic mass is 9.73. The van der Waals surface area contributed by atoms with Crippen LogP contribution in [0.3, 0.4) is 0 Å². The minimum atomic E-state index is -0.0362. The number of aromatic nitrogens is 6. The maximum Gasteiger partial charge on any atom is 0.261 e. The van der Waals surface area contributed by atoms with Crippen LogP contribution in [0.15, 0.2) is 53.6 Å². The number of nitrogens with zero attached hydrogens (tertiary/aromatic N) is 7. The quantitative estimate of drug-likeness (QED) is 0.414. The average Bonchev–Trinajstić information content (AvgIpc) is 3.48. The van der Waals surface area contributed by atoms with Gasteiger partial charge in [0.1, 0.15) is 6.54 Å². The molecule has 0 aliphatic heterocycles. The van der Waals surface area contributed by atoms with Crippen LogP contribution < -0.4 is 5.73 Å². The van der Waals surface area contributed by atoms with Crippen LogP contribution in [0.1, 0.15) is 36.6 Å². The van der Waals surface area contributed by atoms with Gasteiger partial charge in [0.2, 0.25) is 11.9 Å². The molecule has 0 radical (unpaired) electrons. The molecular weight excluding hydrogens is 444 g/mol. The van der Waals surface area contributed by atoms with E-state index in [0.717, 1.165) is 23.4 Å². The van der Waals surface area contributed by atoms with Crippen molar-refractivity contribution in [2.75, 3.05) is 19.8 Å². The van der Waals surface area contributed by atoms with E-state index in [1.807, 2.05) is 0 Å². The highest BCUT2D eigenvalue weighted by molar-refractivity contribution is 5.75. The summed E-state index contributed by atoms with van der Waals surface area (Å²) in [5.74, 6) is 2.08. The molecule has 4 aromatic rings. The van der Waals surface area contributed by atoms with Gasteiger partial charge in [-0.1, -0.05) is 35.8 Å². The highest BCUT2D eigenvalue weighted by Crippen LogP contribution is 2.40. The SMILES string of the molecule is CN(C)C(=O)Cn1cc(-c2nc(C(Cc3ccc(-c4cnc(N)nc4)cc3)C3CCC3)no2)cn1. The summed E-state index contributed by atoms with van der Waals surface area (Å²) in [4.78, 5) is 26.4. The molecule has 0 spiro atoms. The third-order valence-corrected chi connectivity index (χ3v) is 6.58. The first kappa shape index (κ1) is 22.7. The molecule has 180 valence electrons. The van der Waals surface area contributed by atoms with Gasteiger partial charge < -0.3 is 15.2 Å². The molecule has 1 saturated carbocycles. The smallest absolute Gasteiger partial charge is 0.261 e. The van der Waals surface area contributed by atoms with Gasteiger partial charge in [0.25, 0.3) is 5.89 Å². The molecule has 1 amide bonds. The Balaban J connectivity index is 1.32. The molecule has 35 heavy (non-hydrogen) atoms. The molecule has 10 nitrogen and oxygen atoms in total. The van der Waals surface area contributed by atoms with Gasteiger partial charge in [-0.25, -0.2) is 9.97 Å². The number of likely N-dealkylation sites (N-methyl/N-ethyl adjacent to an activating group) is 1. The standard InChI is InChI=1S/C25H28N8O2/c1-32(2)22(34)15-33-14-20(13-29-33)24-30-23(31-35-24)21(18-4-3-5-18)10-16-6-8-17(9-7-16)19-11-27-25(26)28-12-19/h6-9,11-14,18,21H,3-5,10,15H2,1-2H3,(H2,26,27,28). The van der Waals surface area contributed by atoms with Crippen LogP contribution >= 0.6 is 0 Å². The van der Waals surface area contributed by atoms with Crippen molar-refractivity contribution < 1.29 is 9.32 Å². The Kier molecular flexibility index (Phi) is 6.26. The van der Waals surface area contributed by atoms with E-state index in [1.165, 1.54) is 29.7 Å². The van der Waals surface area contributed by atoms with Crippen molar-refractivity contribution in [1.82, 2.24) is 34.8 Å². The third kappa shape index (κ3) is 5.06. The van der Waals surface area contributed by atoms with Gasteiger partial charge in [0.05, 0.1) is 11.8 Å². The monoisotopic (exact) mass is 472 g/mol. The van der Waals surface area contributed by atoms with Crippen LogP contribution in [-0.2, 0) is 17.8 Å². The molecule has 0 bridgehead atoms. The van der Waals surface area contributed by atoms with Gasteiger partial charge in [-0.05, 0) is 36.3 Å². The summed E-state index contributed by atoms with van der Waals surface area (Å²) in [6.45, 7) is 0.164. The van der Waals surface area contributed by atoms with Crippen molar-refractivity contribution in [2.45, 2.75) is 38.1 Å². The first-order valence-electron chi connectivity index (χ1n) is 11.7. The number of amides is 1. The predicted octanol–water partition coefficient (Wildman–Crippen LogP) is 3.19. The zero-order chi connectivity index (χ0) is 24.4. The van der Waals surface area contributed by atoms with Crippen LogP contribution in [0, 0.1) is 5.92 Å². The van der Waals surface area contributed by atoms with Gasteiger partial charge in [0.15, 0.2) is 5.82 Å². The molecule has 1 aliphatic carbocycles. The lowest BCUT2D eigenvalue weighted by Gasteiger charge is -2.32. The Morgan fingerprint density at radius 2 is 1.86 bits per heavy atom. The molecule has 1 aromatic carbocycles. The van der Waals surface area contributed by atoms with Crippen LogP contribution in [0.5, 0.6) is 0 Å². The van der Waals surface area contributed by atoms with Crippen LogP contribution in [-0.4, -0.2) is 54.8 Å². The fourth-order valence-corrected chi connectivity index (χ4v) is 4.23. The zero-order valence-electron chi connectivity index (χ0n) is 19.8. The summed E-state index contributed by atoms with van der Waals surface area (Å²) in [5.41, 5.74) is 9.48. The van der Waals surface area contributed by atoms with Crippen molar-refractivity contribution in [3.05, 3.63) is 60.4 Å². The molecule has 10 heteroatoms. The second kappa shape index (κ2) is 9.65. The Hall–Kier alpha value is -4.08. The lowest BCUT2D eigenvalue weighted by Crippen LogP contribution is -2.26. The molecule has 1 unspecified atom stereocenters. The van der Waals surface area contributed by atoms with Crippen LogP contribution in [0.4, 0.5) is 5.95 Å². The van der Waals surface area contributed by atoms with Crippen LogP contribution in [0.25, 0.3) is 22.6 Å². The fourth-order valence-electron chi connectivity index (χ4n) is 4.23. The second-order valence-electron chi connectivity index (χ2n) is 9.20. The van der Waals surface area contributed by atoms with E-state index in [1.54, 1.807) is 43.6 Å². The molecule has 5 rings (SSSR count). The number of carbonyl (C=O) groups excluding carboxylic acids is 1. The number of hydrogen-bond acceptors (Lipinski definition) is 8. The summed E-state index contributed by atoms with van der Waals surface area (Å²) in [5, 5.41) is 8.60. The molecule has 1 fully saturated rings. The molecular formula is C25H28N8O2. The van der Waals surface area contributed by atoms with E-state index in [-0.39, 0.29) is 24.3 Å². The van der Waals surface area contributed by atoms with Gasteiger partial charge >= 0.3 is 0 Å². The van der Waals surface area contributed by atoms with E-state index in [4.69, 9.17) is 15.2 Å². The normalized spacial score (nSPS) is 14.5. The molecule has 1 atom stereocenters. The number of rotatable bonds is 8. The molecule has 2 N–H and O–H groups in total. The summed E-state index contributed by atoms with van der Waals surface area (Å²) in [7, 11) is 3.44. The van der Waals surface area contributed by atoms with E-state index < -0.39 is 0 Å². The number of carbonyl (C=O) groups is 1. The van der Waals surface area contributed by atoms with Crippen molar-refractivity contribution >= 4 is 11.9 Å². The lowest BCUT2D eigenvalue weighted by molar-refractivity contribution is -0.129. The van der Waals surface area contributed by atoms with Gasteiger partial charge in [0, 0.05) is 44.2 Å². The highest BCUT2D eigenvalue weighted by atomic mass is 16.5. The van der Waals surface area contributed by atoms with E-state index in [9.17, 15) is 4.79 Å². The first-order valence-corrected chi connectivity index (χ1v) is 11.7. The Morgan fingerprint density at radius 1 is 1.11 bits per heavy atom. The van der Waals surface area contributed by atoms with Crippen molar-refractivity contribution in [2.24, 2.45) is 5.92 Å². The molecule has 3 heterocycles. The maximum atomic E-state index is 12.0.